The highest BCUT2D eigenvalue weighted by Gasteiger charge is 2.21. The van der Waals surface area contributed by atoms with Crippen molar-refractivity contribution >= 4 is 11.6 Å². The van der Waals surface area contributed by atoms with Crippen molar-refractivity contribution in [1.82, 2.24) is 5.32 Å². The number of rotatable bonds is 5. The lowest BCUT2D eigenvalue weighted by Gasteiger charge is -2.23. The lowest BCUT2D eigenvalue weighted by molar-refractivity contribution is -0.384. The van der Waals surface area contributed by atoms with E-state index in [2.05, 4.69) is 5.32 Å². The van der Waals surface area contributed by atoms with E-state index in [9.17, 15) is 19.3 Å². The molecule has 19 heavy (non-hydrogen) atoms. The summed E-state index contributed by atoms with van der Waals surface area (Å²) in [5, 5.41) is 13.1. The molecule has 7 heteroatoms. The quantitative estimate of drug-likeness (QED) is 0.654. The summed E-state index contributed by atoms with van der Waals surface area (Å²) in [5.74, 6) is -1.52. The average Bonchev–Trinajstić information content (AvgIpc) is 2.36. The maximum atomic E-state index is 13.5. The SMILES string of the molecule is COC(C)(C)CNC(=O)c1cc([N+](=O)[O-])ccc1F. The Kier molecular flexibility index (Phi) is 4.55. The molecule has 1 amide bonds. The number of non-ortho nitro benzene ring substituents is 1. The molecular weight excluding hydrogens is 255 g/mol. The zero-order chi connectivity index (χ0) is 14.6. The van der Waals surface area contributed by atoms with Gasteiger partial charge in [0.1, 0.15) is 5.82 Å². The molecule has 0 radical (unpaired) electrons. The normalized spacial score (nSPS) is 11.2. The summed E-state index contributed by atoms with van der Waals surface area (Å²) in [6, 6.07) is 2.81. The molecule has 0 fully saturated rings. The number of carbonyl (C=O) groups excluding carboxylic acids is 1. The number of nitro groups is 1. The van der Waals surface area contributed by atoms with E-state index in [4.69, 9.17) is 4.74 Å². The first-order valence-corrected chi connectivity index (χ1v) is 5.54. The molecule has 0 atom stereocenters. The molecule has 0 bridgehead atoms. The number of methoxy groups -OCH3 is 1. The third-order valence-electron chi connectivity index (χ3n) is 2.63. The van der Waals surface area contributed by atoms with Crippen molar-refractivity contribution in [3.8, 4) is 0 Å². The number of hydrogen-bond acceptors (Lipinski definition) is 4. The predicted molar refractivity (Wildman–Crippen MR) is 66.5 cm³/mol. The van der Waals surface area contributed by atoms with Crippen molar-refractivity contribution in [2.75, 3.05) is 13.7 Å². The summed E-state index contributed by atoms with van der Waals surface area (Å²) < 4.78 is 18.6. The van der Waals surface area contributed by atoms with Gasteiger partial charge in [0.05, 0.1) is 16.1 Å². The number of carbonyl (C=O) groups is 1. The fraction of sp³-hybridized carbons (Fsp3) is 0.417. The second-order valence-electron chi connectivity index (χ2n) is 4.57. The molecule has 0 aliphatic heterocycles. The molecule has 0 saturated carbocycles. The van der Waals surface area contributed by atoms with Crippen molar-refractivity contribution < 1.29 is 18.8 Å². The second-order valence-corrected chi connectivity index (χ2v) is 4.57. The smallest absolute Gasteiger partial charge is 0.270 e. The highest BCUT2D eigenvalue weighted by molar-refractivity contribution is 5.95. The Labute approximate surface area is 109 Å². The molecule has 1 aromatic carbocycles. The van der Waals surface area contributed by atoms with E-state index in [0.29, 0.717) is 0 Å². The summed E-state index contributed by atoms with van der Waals surface area (Å²) in [7, 11) is 1.49. The van der Waals surface area contributed by atoms with Crippen LogP contribution >= 0.6 is 0 Å². The van der Waals surface area contributed by atoms with E-state index < -0.39 is 22.2 Å². The van der Waals surface area contributed by atoms with Crippen molar-refractivity contribution in [3.05, 3.63) is 39.7 Å². The molecule has 0 aromatic heterocycles. The monoisotopic (exact) mass is 270 g/mol. The third-order valence-corrected chi connectivity index (χ3v) is 2.63. The number of hydrogen-bond donors (Lipinski definition) is 1. The molecular formula is C12H15FN2O4. The average molecular weight is 270 g/mol. The Morgan fingerprint density at radius 1 is 1.53 bits per heavy atom. The van der Waals surface area contributed by atoms with Crippen LogP contribution < -0.4 is 5.32 Å². The van der Waals surface area contributed by atoms with Gasteiger partial charge in [0.25, 0.3) is 11.6 Å². The Bertz CT molecular complexity index is 503. The number of nitrogens with one attached hydrogen (secondary N) is 1. The van der Waals surface area contributed by atoms with E-state index in [-0.39, 0.29) is 17.8 Å². The molecule has 0 aliphatic carbocycles. The van der Waals surface area contributed by atoms with Crippen LogP contribution in [0.1, 0.15) is 24.2 Å². The van der Waals surface area contributed by atoms with Crippen LogP contribution in [-0.4, -0.2) is 30.1 Å². The first-order chi connectivity index (χ1) is 8.76. The summed E-state index contributed by atoms with van der Waals surface area (Å²) in [6.07, 6.45) is 0. The van der Waals surface area contributed by atoms with Crippen molar-refractivity contribution in [2.24, 2.45) is 0 Å². The van der Waals surface area contributed by atoms with Gasteiger partial charge in [-0.1, -0.05) is 0 Å². The number of nitro benzene ring substituents is 1. The standard InChI is InChI=1S/C12H15FN2O4/c1-12(2,19-3)7-14-11(16)9-6-8(15(17)18)4-5-10(9)13/h4-6H,7H2,1-3H3,(H,14,16). The largest absolute Gasteiger partial charge is 0.377 e. The zero-order valence-corrected chi connectivity index (χ0v) is 10.9. The van der Waals surface area contributed by atoms with Crippen molar-refractivity contribution in [1.29, 1.82) is 0 Å². The molecule has 0 aliphatic rings. The van der Waals surface area contributed by atoms with Crippen molar-refractivity contribution in [2.45, 2.75) is 19.4 Å². The third kappa shape index (κ3) is 3.99. The highest BCUT2D eigenvalue weighted by atomic mass is 19.1. The molecule has 1 rings (SSSR count). The van der Waals surface area contributed by atoms with Crippen LogP contribution in [-0.2, 0) is 4.74 Å². The van der Waals surface area contributed by atoms with Crippen LogP contribution in [0.3, 0.4) is 0 Å². The van der Waals surface area contributed by atoms with Gasteiger partial charge in [-0.15, -0.1) is 0 Å². The lowest BCUT2D eigenvalue weighted by Crippen LogP contribution is -2.40. The Balaban J connectivity index is 2.88. The molecule has 6 nitrogen and oxygen atoms in total. The molecule has 0 unspecified atom stereocenters. The summed E-state index contributed by atoms with van der Waals surface area (Å²) in [4.78, 5) is 21.7. The summed E-state index contributed by atoms with van der Waals surface area (Å²) in [6.45, 7) is 3.65. The van der Waals surface area contributed by atoms with Gasteiger partial charge in [-0.25, -0.2) is 4.39 Å². The minimum absolute atomic E-state index is 0.157. The van der Waals surface area contributed by atoms with Gasteiger partial charge >= 0.3 is 0 Å². The van der Waals surface area contributed by atoms with E-state index >= 15 is 0 Å². The second kappa shape index (κ2) is 5.75. The number of halogens is 1. The lowest BCUT2D eigenvalue weighted by atomic mass is 10.1. The predicted octanol–water partition coefficient (Wildman–Crippen LogP) is 1.89. The zero-order valence-electron chi connectivity index (χ0n) is 10.9. The van der Waals surface area contributed by atoms with E-state index in [0.717, 1.165) is 18.2 Å². The van der Waals surface area contributed by atoms with Crippen LogP contribution in [0.25, 0.3) is 0 Å². The molecule has 0 saturated heterocycles. The van der Waals surface area contributed by atoms with Gasteiger partial charge in [0.2, 0.25) is 0 Å². The van der Waals surface area contributed by atoms with Crippen LogP contribution in [0.15, 0.2) is 18.2 Å². The van der Waals surface area contributed by atoms with E-state index in [1.165, 1.54) is 7.11 Å². The highest BCUT2D eigenvalue weighted by Crippen LogP contribution is 2.17. The number of benzene rings is 1. The number of nitrogens with zero attached hydrogens (tertiary/aromatic N) is 1. The molecule has 0 spiro atoms. The maximum absolute atomic E-state index is 13.5. The summed E-state index contributed by atoms with van der Waals surface area (Å²) >= 11 is 0. The minimum Gasteiger partial charge on any atom is -0.377 e. The molecule has 104 valence electrons. The fourth-order valence-electron chi connectivity index (χ4n) is 1.26. The Morgan fingerprint density at radius 3 is 2.68 bits per heavy atom. The van der Waals surface area contributed by atoms with E-state index in [1.54, 1.807) is 13.8 Å². The number of ether oxygens (including phenoxy) is 1. The van der Waals surface area contributed by atoms with Gasteiger partial charge in [0.15, 0.2) is 0 Å². The van der Waals surface area contributed by atoms with Gasteiger partial charge in [0, 0.05) is 25.8 Å². The number of amides is 1. The van der Waals surface area contributed by atoms with Crippen LogP contribution in [0.4, 0.5) is 10.1 Å². The Hall–Kier alpha value is -2.02. The summed E-state index contributed by atoms with van der Waals surface area (Å²) in [5.41, 5.74) is -1.30. The van der Waals surface area contributed by atoms with Crippen LogP contribution in [0, 0.1) is 15.9 Å². The maximum Gasteiger partial charge on any atom is 0.270 e. The first kappa shape index (κ1) is 15.0. The molecule has 0 heterocycles. The topological polar surface area (TPSA) is 81.5 Å². The van der Waals surface area contributed by atoms with Crippen molar-refractivity contribution in [3.63, 3.8) is 0 Å². The van der Waals surface area contributed by atoms with Crippen LogP contribution in [0.2, 0.25) is 0 Å². The van der Waals surface area contributed by atoms with Gasteiger partial charge < -0.3 is 10.1 Å². The van der Waals surface area contributed by atoms with Crippen LogP contribution in [0.5, 0.6) is 0 Å². The molecule has 1 aromatic rings. The van der Waals surface area contributed by atoms with Gasteiger partial charge in [-0.3, -0.25) is 14.9 Å². The first-order valence-electron chi connectivity index (χ1n) is 5.54. The minimum atomic E-state index is -0.807. The Morgan fingerprint density at radius 2 is 2.16 bits per heavy atom. The fourth-order valence-corrected chi connectivity index (χ4v) is 1.26. The van der Waals surface area contributed by atoms with E-state index in [1.807, 2.05) is 0 Å². The van der Waals surface area contributed by atoms with Gasteiger partial charge in [-0.2, -0.15) is 0 Å². The van der Waals surface area contributed by atoms with Gasteiger partial charge in [-0.05, 0) is 19.9 Å². The molecule has 1 N–H and O–H groups in total.